The van der Waals surface area contributed by atoms with Crippen LogP contribution in [0.2, 0.25) is 0 Å². The van der Waals surface area contributed by atoms with E-state index in [0.717, 1.165) is 12.1 Å². The van der Waals surface area contributed by atoms with E-state index in [4.69, 9.17) is 4.98 Å². The normalized spacial score (nSPS) is 14.9. The number of aromatic nitrogens is 1. The maximum absolute atomic E-state index is 4.77. The van der Waals surface area contributed by atoms with Crippen molar-refractivity contribution in [1.82, 2.24) is 4.98 Å². The van der Waals surface area contributed by atoms with Crippen LogP contribution in [0.4, 0.5) is 0 Å². The van der Waals surface area contributed by atoms with Crippen LogP contribution in [0.25, 0.3) is 32.8 Å². The molecule has 1 heterocycles. The van der Waals surface area contributed by atoms with Crippen LogP contribution in [0.5, 0.6) is 0 Å². The maximum atomic E-state index is 4.77. The molecular formula is C27H29N. The fourth-order valence-electron chi connectivity index (χ4n) is 4.53. The number of hydrogen-bond acceptors (Lipinski definition) is 1. The van der Waals surface area contributed by atoms with Gasteiger partial charge in [-0.25, -0.2) is 0 Å². The molecule has 3 aromatic carbocycles. The molecule has 0 aliphatic rings. The van der Waals surface area contributed by atoms with E-state index < -0.39 is 0 Å². The number of hydrogen-bond donors (Lipinski definition) is 0. The van der Waals surface area contributed by atoms with E-state index in [-0.39, 0.29) is 5.41 Å². The van der Waals surface area contributed by atoms with Crippen molar-refractivity contribution in [2.45, 2.75) is 46.0 Å². The van der Waals surface area contributed by atoms with E-state index in [1.165, 1.54) is 39.1 Å². The highest BCUT2D eigenvalue weighted by molar-refractivity contribution is 6.05. The minimum Gasteiger partial charge on any atom is -0.256 e. The van der Waals surface area contributed by atoms with Gasteiger partial charge in [0, 0.05) is 11.8 Å². The van der Waals surface area contributed by atoms with Gasteiger partial charge < -0.3 is 0 Å². The lowest BCUT2D eigenvalue weighted by molar-refractivity contribution is 0.296. The molecule has 2 unspecified atom stereocenters. The van der Waals surface area contributed by atoms with Gasteiger partial charge in [0.2, 0.25) is 0 Å². The first-order valence-corrected chi connectivity index (χ1v) is 10.5. The van der Waals surface area contributed by atoms with Gasteiger partial charge in [-0.15, -0.1) is 0 Å². The van der Waals surface area contributed by atoms with Crippen LogP contribution in [0.1, 0.15) is 46.1 Å². The zero-order chi connectivity index (χ0) is 19.7. The summed E-state index contributed by atoms with van der Waals surface area (Å²) in [6.07, 6.45) is 4.19. The maximum Gasteiger partial charge on any atom is 0.0711 e. The lowest BCUT2D eigenvalue weighted by Gasteiger charge is -2.37. The molecule has 28 heavy (non-hydrogen) atoms. The zero-order valence-corrected chi connectivity index (χ0v) is 17.4. The highest BCUT2D eigenvalue weighted by Gasteiger charge is 2.33. The Hall–Kier alpha value is -2.67. The predicted octanol–water partition coefficient (Wildman–Crippen LogP) is 7.77. The van der Waals surface area contributed by atoms with Gasteiger partial charge in [0.1, 0.15) is 0 Å². The van der Waals surface area contributed by atoms with Gasteiger partial charge in [0.25, 0.3) is 0 Å². The molecule has 142 valence electrons. The monoisotopic (exact) mass is 367 g/mol. The summed E-state index contributed by atoms with van der Waals surface area (Å²) < 4.78 is 0. The van der Waals surface area contributed by atoms with Gasteiger partial charge in [-0.2, -0.15) is 0 Å². The second kappa shape index (κ2) is 7.39. The number of benzene rings is 3. The first-order valence-electron chi connectivity index (χ1n) is 10.5. The first kappa shape index (κ1) is 18.7. The zero-order valence-electron chi connectivity index (χ0n) is 17.4. The Morgan fingerprint density at radius 2 is 1.57 bits per heavy atom. The summed E-state index contributed by atoms with van der Waals surface area (Å²) in [6, 6.07) is 24.2. The molecule has 0 bridgehead atoms. The van der Waals surface area contributed by atoms with Gasteiger partial charge in [-0.05, 0) is 69.1 Å². The van der Waals surface area contributed by atoms with Crippen molar-refractivity contribution in [2.75, 3.05) is 0 Å². The predicted molar refractivity (Wildman–Crippen MR) is 122 cm³/mol. The van der Waals surface area contributed by atoms with E-state index in [2.05, 4.69) is 88.4 Å². The van der Waals surface area contributed by atoms with Gasteiger partial charge in [-0.1, -0.05) is 76.6 Å². The Morgan fingerprint density at radius 3 is 2.21 bits per heavy atom. The van der Waals surface area contributed by atoms with Crippen molar-refractivity contribution in [3.8, 4) is 11.3 Å². The van der Waals surface area contributed by atoms with Gasteiger partial charge >= 0.3 is 0 Å². The van der Waals surface area contributed by atoms with E-state index in [1.807, 2.05) is 12.3 Å². The average Bonchev–Trinajstić information content (AvgIpc) is 2.76. The lowest BCUT2D eigenvalue weighted by atomic mass is 9.67. The Kier molecular flexibility index (Phi) is 4.93. The molecule has 0 aliphatic heterocycles. The van der Waals surface area contributed by atoms with E-state index in [1.54, 1.807) is 0 Å². The van der Waals surface area contributed by atoms with E-state index in [9.17, 15) is 0 Å². The standard InChI is InChI=1S/C27H29N/c1-5-19(3)27(4,6-2)24-15-14-22-17-20-11-7-8-12-21(20)18-23(22)26(24)25-13-9-10-16-28-25/h7-19H,5-6H2,1-4H3. The molecule has 0 radical (unpaired) electrons. The van der Waals surface area contributed by atoms with Crippen molar-refractivity contribution in [3.05, 3.63) is 78.5 Å². The summed E-state index contributed by atoms with van der Waals surface area (Å²) in [5, 5.41) is 5.16. The molecule has 1 aromatic heterocycles. The summed E-state index contributed by atoms with van der Waals surface area (Å²) in [6.45, 7) is 9.43. The number of pyridine rings is 1. The van der Waals surface area contributed by atoms with Gasteiger partial charge in [-0.3, -0.25) is 4.98 Å². The second-order valence-electron chi connectivity index (χ2n) is 8.20. The third-order valence-corrected chi connectivity index (χ3v) is 6.86. The summed E-state index contributed by atoms with van der Waals surface area (Å²) in [5.41, 5.74) is 3.90. The molecule has 4 rings (SSSR count). The number of fused-ring (bicyclic) bond motifs is 2. The highest BCUT2D eigenvalue weighted by Crippen LogP contribution is 2.45. The van der Waals surface area contributed by atoms with Crippen molar-refractivity contribution in [3.63, 3.8) is 0 Å². The molecule has 0 fully saturated rings. The Bertz CT molecular complexity index is 1110. The van der Waals surface area contributed by atoms with Crippen LogP contribution in [0.3, 0.4) is 0 Å². The third-order valence-electron chi connectivity index (χ3n) is 6.86. The average molecular weight is 368 g/mol. The van der Waals surface area contributed by atoms with Gasteiger partial charge in [0.05, 0.1) is 5.69 Å². The Morgan fingerprint density at radius 1 is 0.857 bits per heavy atom. The number of rotatable bonds is 5. The molecule has 0 saturated heterocycles. The SMILES string of the molecule is CCC(C)C(C)(CC)c1ccc2cc3ccccc3cc2c1-c1ccccn1. The van der Waals surface area contributed by atoms with Crippen LogP contribution >= 0.6 is 0 Å². The second-order valence-corrected chi connectivity index (χ2v) is 8.20. The Labute approximate surface area is 168 Å². The molecule has 2 atom stereocenters. The largest absolute Gasteiger partial charge is 0.256 e. The highest BCUT2D eigenvalue weighted by atomic mass is 14.7. The Balaban J connectivity index is 2.12. The van der Waals surface area contributed by atoms with Crippen molar-refractivity contribution >= 4 is 21.5 Å². The fourth-order valence-corrected chi connectivity index (χ4v) is 4.53. The summed E-state index contributed by atoms with van der Waals surface area (Å²) in [7, 11) is 0. The molecular weight excluding hydrogens is 338 g/mol. The first-order chi connectivity index (χ1) is 13.6. The van der Waals surface area contributed by atoms with E-state index >= 15 is 0 Å². The molecule has 0 spiro atoms. The van der Waals surface area contributed by atoms with Crippen LogP contribution in [0, 0.1) is 5.92 Å². The minimum atomic E-state index is 0.113. The van der Waals surface area contributed by atoms with Gasteiger partial charge in [0.15, 0.2) is 0 Å². The minimum absolute atomic E-state index is 0.113. The summed E-state index contributed by atoms with van der Waals surface area (Å²) in [5.74, 6) is 0.595. The molecule has 1 heteroatoms. The van der Waals surface area contributed by atoms with Crippen LogP contribution in [-0.2, 0) is 5.41 Å². The third kappa shape index (κ3) is 2.99. The number of nitrogens with zero attached hydrogens (tertiary/aromatic N) is 1. The lowest BCUT2D eigenvalue weighted by Crippen LogP contribution is -2.30. The molecule has 0 amide bonds. The topological polar surface area (TPSA) is 12.9 Å². The van der Waals surface area contributed by atoms with Crippen molar-refractivity contribution < 1.29 is 0 Å². The van der Waals surface area contributed by atoms with Crippen molar-refractivity contribution in [2.24, 2.45) is 5.92 Å². The van der Waals surface area contributed by atoms with E-state index in [0.29, 0.717) is 5.92 Å². The molecule has 0 saturated carbocycles. The summed E-state index contributed by atoms with van der Waals surface area (Å²) >= 11 is 0. The smallest absolute Gasteiger partial charge is 0.0711 e. The van der Waals surface area contributed by atoms with Crippen LogP contribution < -0.4 is 0 Å². The molecule has 0 aliphatic carbocycles. The molecule has 1 nitrogen and oxygen atoms in total. The summed E-state index contributed by atoms with van der Waals surface area (Å²) in [4.78, 5) is 4.77. The quantitative estimate of drug-likeness (QED) is 0.328. The fraction of sp³-hybridized carbons (Fsp3) is 0.296. The van der Waals surface area contributed by atoms with Crippen LogP contribution in [0.15, 0.2) is 72.9 Å². The van der Waals surface area contributed by atoms with Crippen LogP contribution in [-0.4, -0.2) is 4.98 Å². The molecule has 4 aromatic rings. The molecule has 0 N–H and O–H groups in total. The van der Waals surface area contributed by atoms with Crippen molar-refractivity contribution in [1.29, 1.82) is 0 Å².